The zero-order valence-electron chi connectivity index (χ0n) is 16.5. The monoisotopic (exact) mass is 439 g/mol. The summed E-state index contributed by atoms with van der Waals surface area (Å²) < 4.78 is 40.6. The van der Waals surface area contributed by atoms with Gasteiger partial charge >= 0.3 is 5.97 Å². The fourth-order valence-corrected chi connectivity index (χ4v) is 5.90. The van der Waals surface area contributed by atoms with E-state index in [1.807, 2.05) is 30.3 Å². The maximum atomic E-state index is 13.1. The number of carboxylic acid groups (broad SMARTS) is 1. The van der Waals surface area contributed by atoms with Crippen LogP contribution in [0, 0.1) is 0 Å². The second-order valence-corrected chi connectivity index (χ2v) is 9.57. The van der Waals surface area contributed by atoms with Gasteiger partial charge in [-0.05, 0) is 41.8 Å². The van der Waals surface area contributed by atoms with Crippen molar-refractivity contribution in [3.05, 3.63) is 66.2 Å². The van der Waals surface area contributed by atoms with E-state index in [0.29, 0.717) is 24.3 Å². The molecule has 1 heterocycles. The van der Waals surface area contributed by atoms with Gasteiger partial charge in [0.2, 0.25) is 10.0 Å². The Morgan fingerprint density at radius 2 is 1.87 bits per heavy atom. The fraction of sp³-hybridized carbons (Fsp3) is 0.261. The van der Waals surface area contributed by atoms with E-state index >= 15 is 0 Å². The van der Waals surface area contributed by atoms with Gasteiger partial charge in [0.15, 0.2) is 18.1 Å². The van der Waals surface area contributed by atoms with E-state index in [4.69, 9.17) is 14.6 Å². The highest BCUT2D eigenvalue weighted by Crippen LogP contribution is 2.51. The maximum Gasteiger partial charge on any atom is 0.341 e. The van der Waals surface area contributed by atoms with Gasteiger partial charge in [0.05, 0.1) is 4.90 Å². The van der Waals surface area contributed by atoms with Gasteiger partial charge in [-0.3, -0.25) is 0 Å². The Kier molecular flexibility index (Phi) is 4.83. The van der Waals surface area contributed by atoms with Crippen molar-refractivity contribution in [2.45, 2.75) is 35.8 Å². The van der Waals surface area contributed by atoms with E-state index in [9.17, 15) is 13.2 Å². The molecule has 7 nitrogen and oxygen atoms in total. The summed E-state index contributed by atoms with van der Waals surface area (Å²) in [5, 5.41) is 10.7. The van der Waals surface area contributed by atoms with Crippen molar-refractivity contribution in [1.29, 1.82) is 0 Å². The second-order valence-electron chi connectivity index (χ2n) is 7.85. The molecule has 0 radical (unpaired) electrons. The molecular formula is C23H21NO6S. The van der Waals surface area contributed by atoms with Crippen molar-refractivity contribution in [2.24, 2.45) is 0 Å². The van der Waals surface area contributed by atoms with Crippen LogP contribution in [0.5, 0.6) is 11.5 Å². The summed E-state index contributed by atoms with van der Waals surface area (Å²) in [5.41, 5.74) is 0.844. The number of ether oxygens (including phenoxy) is 2. The number of para-hydroxylation sites is 1. The average molecular weight is 439 g/mol. The van der Waals surface area contributed by atoms with Crippen LogP contribution in [0.1, 0.15) is 24.3 Å². The zero-order chi connectivity index (χ0) is 21.6. The Hall–Kier alpha value is -3.10. The third-order valence-corrected chi connectivity index (χ3v) is 7.41. The molecule has 3 atom stereocenters. The lowest BCUT2D eigenvalue weighted by Gasteiger charge is -2.20. The third-order valence-electron chi connectivity index (χ3n) is 5.92. The van der Waals surface area contributed by atoms with Gasteiger partial charge in [0.1, 0.15) is 6.10 Å². The summed E-state index contributed by atoms with van der Waals surface area (Å²) in [6.45, 7) is -0.465. The van der Waals surface area contributed by atoms with Gasteiger partial charge in [-0.25, -0.2) is 17.9 Å². The number of hydrogen-bond donors (Lipinski definition) is 2. The van der Waals surface area contributed by atoms with Crippen LogP contribution in [0.3, 0.4) is 0 Å². The van der Waals surface area contributed by atoms with Crippen molar-refractivity contribution >= 4 is 26.8 Å². The summed E-state index contributed by atoms with van der Waals surface area (Å²) in [6.07, 6.45) is 1.18. The molecule has 3 unspecified atom stereocenters. The first-order valence-electron chi connectivity index (χ1n) is 10.1. The topological polar surface area (TPSA) is 102 Å². The molecule has 1 aliphatic heterocycles. The SMILES string of the molecule is O=C(O)COc1cccc2c1OC1CCC(NS(=O)(=O)c3ccc4ccccc4c3)C21. The van der Waals surface area contributed by atoms with Crippen LogP contribution < -0.4 is 14.2 Å². The van der Waals surface area contributed by atoms with Crippen LogP contribution in [0.2, 0.25) is 0 Å². The van der Waals surface area contributed by atoms with Crippen LogP contribution in [-0.4, -0.2) is 38.2 Å². The molecular weight excluding hydrogens is 418 g/mol. The Balaban J connectivity index is 1.41. The normalized spacial score (nSPS) is 22.0. The number of hydrogen-bond acceptors (Lipinski definition) is 5. The molecule has 31 heavy (non-hydrogen) atoms. The largest absolute Gasteiger partial charge is 0.486 e. The Bertz CT molecular complexity index is 1270. The van der Waals surface area contributed by atoms with Gasteiger partial charge < -0.3 is 14.6 Å². The van der Waals surface area contributed by atoms with Gasteiger partial charge in [0, 0.05) is 17.5 Å². The highest BCUT2D eigenvalue weighted by atomic mass is 32.2. The van der Waals surface area contributed by atoms with E-state index in [1.54, 1.807) is 30.3 Å². The van der Waals surface area contributed by atoms with Crippen molar-refractivity contribution in [3.63, 3.8) is 0 Å². The third kappa shape index (κ3) is 3.62. The smallest absolute Gasteiger partial charge is 0.341 e. The summed E-state index contributed by atoms with van der Waals surface area (Å²) in [6, 6.07) is 17.7. The lowest BCUT2D eigenvalue weighted by molar-refractivity contribution is -0.139. The number of aliphatic carboxylic acids is 1. The molecule has 0 aromatic heterocycles. The summed E-state index contributed by atoms with van der Waals surface area (Å²) in [7, 11) is -3.72. The number of benzene rings is 3. The minimum absolute atomic E-state index is 0.154. The summed E-state index contributed by atoms with van der Waals surface area (Å²) in [4.78, 5) is 11.1. The molecule has 160 valence electrons. The summed E-state index contributed by atoms with van der Waals surface area (Å²) in [5.74, 6) is -0.353. The highest BCUT2D eigenvalue weighted by molar-refractivity contribution is 7.89. The molecule has 0 saturated heterocycles. The van der Waals surface area contributed by atoms with Crippen molar-refractivity contribution in [3.8, 4) is 11.5 Å². The number of carboxylic acids is 1. The molecule has 2 N–H and O–H groups in total. The van der Waals surface area contributed by atoms with Crippen LogP contribution >= 0.6 is 0 Å². The van der Waals surface area contributed by atoms with Gasteiger partial charge in [-0.2, -0.15) is 0 Å². The molecule has 1 fully saturated rings. The van der Waals surface area contributed by atoms with E-state index < -0.39 is 22.6 Å². The molecule has 3 aromatic rings. The average Bonchev–Trinajstić information content (AvgIpc) is 3.32. The molecule has 1 saturated carbocycles. The summed E-state index contributed by atoms with van der Waals surface area (Å²) >= 11 is 0. The van der Waals surface area contributed by atoms with Gasteiger partial charge in [-0.15, -0.1) is 0 Å². The van der Waals surface area contributed by atoms with E-state index in [2.05, 4.69) is 4.72 Å². The first-order valence-corrected chi connectivity index (χ1v) is 11.6. The van der Waals surface area contributed by atoms with Crippen LogP contribution in [0.4, 0.5) is 0 Å². The Morgan fingerprint density at radius 3 is 2.68 bits per heavy atom. The maximum absolute atomic E-state index is 13.1. The fourth-order valence-electron chi connectivity index (χ4n) is 4.57. The number of rotatable bonds is 6. The molecule has 3 aromatic carbocycles. The number of fused-ring (bicyclic) bond motifs is 4. The van der Waals surface area contributed by atoms with Crippen LogP contribution in [-0.2, 0) is 14.8 Å². The lowest BCUT2D eigenvalue weighted by atomic mass is 9.94. The molecule has 0 bridgehead atoms. The number of nitrogens with one attached hydrogen (secondary N) is 1. The van der Waals surface area contributed by atoms with Crippen LogP contribution in [0.15, 0.2) is 65.6 Å². The quantitative estimate of drug-likeness (QED) is 0.611. The molecule has 8 heteroatoms. The standard InChI is InChI=1S/C23H21NO6S/c25-21(26)13-29-20-7-3-6-17-22-18(10-11-19(22)30-23(17)20)24-31(27,28)16-9-8-14-4-1-2-5-15(14)12-16/h1-9,12,18-19,22,24H,10-11,13H2,(H,25,26). The predicted molar refractivity (Wildman–Crippen MR) is 114 cm³/mol. The van der Waals surface area contributed by atoms with E-state index in [-0.39, 0.29) is 23.0 Å². The highest BCUT2D eigenvalue weighted by Gasteiger charge is 2.47. The molecule has 0 amide bonds. The van der Waals surface area contributed by atoms with E-state index in [0.717, 1.165) is 16.3 Å². The van der Waals surface area contributed by atoms with Crippen molar-refractivity contribution in [2.75, 3.05) is 6.61 Å². The zero-order valence-corrected chi connectivity index (χ0v) is 17.3. The number of carbonyl (C=O) groups is 1. The minimum atomic E-state index is -3.72. The lowest BCUT2D eigenvalue weighted by Crippen LogP contribution is -2.37. The molecule has 5 rings (SSSR count). The number of sulfonamides is 1. The minimum Gasteiger partial charge on any atom is -0.486 e. The molecule has 0 spiro atoms. The Labute approximate surface area is 179 Å². The van der Waals surface area contributed by atoms with Gasteiger partial charge in [0.25, 0.3) is 0 Å². The second kappa shape index (κ2) is 7.55. The van der Waals surface area contributed by atoms with E-state index in [1.165, 1.54) is 0 Å². The predicted octanol–water partition coefficient (Wildman–Crippen LogP) is 3.29. The molecule has 2 aliphatic rings. The van der Waals surface area contributed by atoms with Crippen molar-refractivity contribution in [1.82, 2.24) is 4.72 Å². The molecule has 1 aliphatic carbocycles. The van der Waals surface area contributed by atoms with Gasteiger partial charge in [-0.1, -0.05) is 42.5 Å². The first kappa shape index (κ1) is 19.8. The van der Waals surface area contributed by atoms with Crippen LogP contribution in [0.25, 0.3) is 10.8 Å². The Morgan fingerprint density at radius 1 is 1.06 bits per heavy atom. The van der Waals surface area contributed by atoms with Crippen molar-refractivity contribution < 1.29 is 27.8 Å². The first-order chi connectivity index (χ1) is 14.9.